The maximum absolute atomic E-state index is 10.6. The normalized spacial score (nSPS) is 14.6. The van der Waals surface area contributed by atoms with Gasteiger partial charge in [0.25, 0.3) is 0 Å². The fourth-order valence-corrected chi connectivity index (χ4v) is 2.37. The van der Waals surface area contributed by atoms with Crippen molar-refractivity contribution >= 4 is 21.9 Å². The van der Waals surface area contributed by atoms with Gasteiger partial charge in [0.15, 0.2) is 6.10 Å². The lowest BCUT2D eigenvalue weighted by atomic mass is 9.95. The first-order chi connectivity index (χ1) is 7.34. The average molecular weight is 289 g/mol. The molecular weight excluding hydrogens is 276 g/mol. The van der Waals surface area contributed by atoms with Crippen molar-refractivity contribution in [3.63, 3.8) is 0 Å². The Morgan fingerprint density at radius 3 is 2.06 bits per heavy atom. The molecule has 0 radical (unpaired) electrons. The molecule has 5 heteroatoms. The minimum Gasteiger partial charge on any atom is -0.479 e. The molecule has 3 N–H and O–H groups in total. The molecule has 1 rings (SSSR count). The molecule has 2 atom stereocenters. The second-order valence-electron chi connectivity index (χ2n) is 3.68. The molecule has 0 heterocycles. The van der Waals surface area contributed by atoms with Gasteiger partial charge in [0.2, 0.25) is 0 Å². The Labute approximate surface area is 102 Å². The van der Waals surface area contributed by atoms with Gasteiger partial charge in [0, 0.05) is 4.47 Å². The molecule has 0 aliphatic rings. The first-order valence-electron chi connectivity index (χ1n) is 4.70. The molecule has 0 amide bonds. The number of carboxylic acid groups (broad SMARTS) is 1. The zero-order valence-corrected chi connectivity index (χ0v) is 10.5. The zero-order valence-electron chi connectivity index (χ0n) is 8.94. The number of aliphatic hydroxyl groups excluding tert-OH is 2. The second kappa shape index (κ2) is 4.95. The van der Waals surface area contributed by atoms with Crippen LogP contribution in [-0.2, 0) is 4.79 Å². The van der Waals surface area contributed by atoms with E-state index in [1.807, 2.05) is 0 Å². The summed E-state index contributed by atoms with van der Waals surface area (Å²) < 4.78 is 0.850. The van der Waals surface area contributed by atoms with Gasteiger partial charge in [-0.1, -0.05) is 15.9 Å². The van der Waals surface area contributed by atoms with E-state index >= 15 is 0 Å². The van der Waals surface area contributed by atoms with Crippen molar-refractivity contribution in [1.29, 1.82) is 0 Å². The molecule has 0 aromatic heterocycles. The fraction of sp³-hybridized carbons (Fsp3) is 0.364. The summed E-state index contributed by atoms with van der Waals surface area (Å²) in [5.74, 6) is -1.44. The number of carboxylic acids is 1. The Morgan fingerprint density at radius 1 is 1.25 bits per heavy atom. The van der Waals surface area contributed by atoms with Crippen LogP contribution in [0.15, 0.2) is 16.6 Å². The van der Waals surface area contributed by atoms with Gasteiger partial charge in [-0.25, -0.2) is 4.79 Å². The number of hydrogen-bond acceptors (Lipinski definition) is 3. The molecule has 0 saturated heterocycles. The molecule has 0 bridgehead atoms. The molecule has 1 aromatic rings. The molecule has 16 heavy (non-hydrogen) atoms. The van der Waals surface area contributed by atoms with E-state index in [0.29, 0.717) is 5.56 Å². The predicted molar refractivity (Wildman–Crippen MR) is 62.2 cm³/mol. The van der Waals surface area contributed by atoms with Crippen molar-refractivity contribution in [2.75, 3.05) is 0 Å². The smallest absolute Gasteiger partial charge is 0.335 e. The van der Waals surface area contributed by atoms with Gasteiger partial charge in [0.05, 0.1) is 0 Å². The SMILES string of the molecule is Cc1cc(Br)cc(C)c1C(O)C(O)C(=O)O. The summed E-state index contributed by atoms with van der Waals surface area (Å²) in [5, 5.41) is 27.7. The van der Waals surface area contributed by atoms with Crippen molar-refractivity contribution in [1.82, 2.24) is 0 Å². The third-order valence-electron chi connectivity index (χ3n) is 2.41. The number of benzene rings is 1. The highest BCUT2D eigenvalue weighted by molar-refractivity contribution is 9.10. The maximum atomic E-state index is 10.6. The van der Waals surface area contributed by atoms with E-state index in [-0.39, 0.29) is 0 Å². The molecule has 0 saturated carbocycles. The van der Waals surface area contributed by atoms with Crippen LogP contribution in [0.2, 0.25) is 0 Å². The number of halogens is 1. The van der Waals surface area contributed by atoms with Crippen LogP contribution in [0.4, 0.5) is 0 Å². The molecule has 0 fully saturated rings. The van der Waals surface area contributed by atoms with Crippen LogP contribution in [-0.4, -0.2) is 27.4 Å². The lowest BCUT2D eigenvalue weighted by Crippen LogP contribution is -2.28. The van der Waals surface area contributed by atoms with Crippen molar-refractivity contribution in [3.8, 4) is 0 Å². The summed E-state index contributed by atoms with van der Waals surface area (Å²) >= 11 is 3.30. The van der Waals surface area contributed by atoms with Gasteiger partial charge in [-0.15, -0.1) is 0 Å². The Balaban J connectivity index is 3.18. The minimum atomic E-state index is -1.81. The summed E-state index contributed by atoms with van der Waals surface area (Å²) in [6.07, 6.45) is -3.22. The van der Waals surface area contributed by atoms with Crippen LogP contribution in [0.5, 0.6) is 0 Å². The van der Waals surface area contributed by atoms with E-state index in [1.54, 1.807) is 26.0 Å². The first-order valence-corrected chi connectivity index (χ1v) is 5.49. The predicted octanol–water partition coefficient (Wildman–Crippen LogP) is 1.54. The Hall–Kier alpha value is -0.910. The second-order valence-corrected chi connectivity index (χ2v) is 4.60. The van der Waals surface area contributed by atoms with E-state index < -0.39 is 18.2 Å². The van der Waals surface area contributed by atoms with Gasteiger partial charge in [-0.2, -0.15) is 0 Å². The third-order valence-corrected chi connectivity index (χ3v) is 2.86. The van der Waals surface area contributed by atoms with Gasteiger partial charge < -0.3 is 15.3 Å². The number of aliphatic hydroxyl groups is 2. The number of rotatable bonds is 3. The van der Waals surface area contributed by atoms with Crippen molar-refractivity contribution in [3.05, 3.63) is 33.3 Å². The van der Waals surface area contributed by atoms with E-state index in [2.05, 4.69) is 15.9 Å². The van der Waals surface area contributed by atoms with Gasteiger partial charge in [-0.3, -0.25) is 0 Å². The van der Waals surface area contributed by atoms with Crippen LogP contribution < -0.4 is 0 Å². The van der Waals surface area contributed by atoms with E-state index in [9.17, 15) is 15.0 Å². The minimum absolute atomic E-state index is 0.457. The molecule has 0 aliphatic heterocycles. The Kier molecular flexibility index (Phi) is 4.07. The van der Waals surface area contributed by atoms with Crippen LogP contribution in [0.1, 0.15) is 22.8 Å². The largest absolute Gasteiger partial charge is 0.479 e. The van der Waals surface area contributed by atoms with Crippen LogP contribution in [0, 0.1) is 13.8 Å². The zero-order chi connectivity index (χ0) is 12.5. The monoisotopic (exact) mass is 288 g/mol. The van der Waals surface area contributed by atoms with E-state index in [4.69, 9.17) is 5.11 Å². The molecule has 1 aromatic carbocycles. The highest BCUT2D eigenvalue weighted by atomic mass is 79.9. The molecular formula is C11H13BrO4. The summed E-state index contributed by atoms with van der Waals surface area (Å²) in [6.45, 7) is 3.51. The van der Waals surface area contributed by atoms with E-state index in [0.717, 1.165) is 15.6 Å². The fourth-order valence-electron chi connectivity index (χ4n) is 1.68. The molecule has 4 nitrogen and oxygen atoms in total. The number of aryl methyl sites for hydroxylation is 2. The maximum Gasteiger partial charge on any atom is 0.335 e. The van der Waals surface area contributed by atoms with Gasteiger partial charge >= 0.3 is 5.97 Å². The van der Waals surface area contributed by atoms with Crippen molar-refractivity contribution < 1.29 is 20.1 Å². The number of carbonyl (C=O) groups is 1. The summed E-state index contributed by atoms with van der Waals surface area (Å²) in [7, 11) is 0. The van der Waals surface area contributed by atoms with E-state index in [1.165, 1.54) is 0 Å². The average Bonchev–Trinajstić information content (AvgIpc) is 2.14. The first kappa shape index (κ1) is 13.2. The molecule has 0 spiro atoms. The Morgan fingerprint density at radius 2 is 1.69 bits per heavy atom. The Bertz CT molecular complexity index is 393. The topological polar surface area (TPSA) is 77.8 Å². The standard InChI is InChI=1S/C11H13BrO4/c1-5-3-7(12)4-6(2)8(5)9(13)10(14)11(15)16/h3-4,9-10,13-14H,1-2H3,(H,15,16). The van der Waals surface area contributed by atoms with Gasteiger partial charge in [-0.05, 0) is 42.7 Å². The van der Waals surface area contributed by atoms with Crippen molar-refractivity contribution in [2.45, 2.75) is 26.1 Å². The summed E-state index contributed by atoms with van der Waals surface area (Å²) in [4.78, 5) is 10.6. The van der Waals surface area contributed by atoms with Crippen LogP contribution >= 0.6 is 15.9 Å². The van der Waals surface area contributed by atoms with Crippen LogP contribution in [0.3, 0.4) is 0 Å². The highest BCUT2D eigenvalue weighted by Crippen LogP contribution is 2.27. The summed E-state index contributed by atoms with van der Waals surface area (Å²) in [6, 6.07) is 3.53. The molecule has 0 aliphatic carbocycles. The molecule has 88 valence electrons. The number of aliphatic carboxylic acids is 1. The lowest BCUT2D eigenvalue weighted by molar-refractivity contribution is -0.153. The summed E-state index contributed by atoms with van der Waals surface area (Å²) in [5.41, 5.74) is 1.93. The quantitative estimate of drug-likeness (QED) is 0.789. The number of hydrogen-bond donors (Lipinski definition) is 3. The van der Waals surface area contributed by atoms with Crippen molar-refractivity contribution in [2.24, 2.45) is 0 Å². The highest BCUT2D eigenvalue weighted by Gasteiger charge is 2.27. The molecule has 2 unspecified atom stereocenters. The lowest BCUT2D eigenvalue weighted by Gasteiger charge is -2.19. The van der Waals surface area contributed by atoms with Gasteiger partial charge in [0.1, 0.15) is 6.10 Å². The third kappa shape index (κ3) is 2.61. The van der Waals surface area contributed by atoms with Crippen LogP contribution in [0.25, 0.3) is 0 Å².